The Morgan fingerprint density at radius 2 is 1.90 bits per heavy atom. The number of benzene rings is 2. The normalized spacial score (nSPS) is 13.7. The quantitative estimate of drug-likeness (QED) is 0.491. The molecule has 0 saturated carbocycles. The molecule has 29 heavy (non-hydrogen) atoms. The van der Waals surface area contributed by atoms with E-state index in [0.717, 1.165) is 20.8 Å². The Labute approximate surface area is 175 Å². The molecule has 154 valence electrons. The molecule has 0 bridgehead atoms. The number of nitrogens with zero attached hydrogens (tertiary/aromatic N) is 1. The van der Waals surface area contributed by atoms with Crippen LogP contribution in [0.2, 0.25) is 0 Å². The number of ether oxygens (including phenoxy) is 1. The zero-order valence-electron chi connectivity index (χ0n) is 16.3. The number of carbonyl (C=O) groups excluding carboxylic acids is 1. The Morgan fingerprint density at radius 1 is 1.21 bits per heavy atom. The average Bonchev–Trinajstić information content (AvgIpc) is 3.05. The van der Waals surface area contributed by atoms with Gasteiger partial charge in [-0.2, -0.15) is 0 Å². The number of carbonyl (C=O) groups is 1. The van der Waals surface area contributed by atoms with Gasteiger partial charge in [-0.1, -0.05) is 24.3 Å². The minimum atomic E-state index is -2.12. The molecule has 0 saturated heterocycles. The van der Waals surface area contributed by atoms with Gasteiger partial charge in [0.15, 0.2) is 0 Å². The lowest BCUT2D eigenvalue weighted by molar-refractivity contribution is 0.0503. The number of hydrogen-bond donors (Lipinski definition) is 3. The summed E-state index contributed by atoms with van der Waals surface area (Å²) in [6.45, 7) is 5.45. The fourth-order valence-corrected chi connectivity index (χ4v) is 4.09. The summed E-state index contributed by atoms with van der Waals surface area (Å²) in [5.41, 5.74) is 1.76. The van der Waals surface area contributed by atoms with Crippen LogP contribution >= 0.6 is 11.3 Å². The van der Waals surface area contributed by atoms with E-state index in [2.05, 4.69) is 15.0 Å². The zero-order valence-corrected chi connectivity index (χ0v) is 18.0. The van der Waals surface area contributed by atoms with Crippen molar-refractivity contribution >= 4 is 44.6 Å². The SMILES string of the molecule is CC(C)(C)OC(=O)N[C@@H](Cc1ccc(NS(=O)O)cc1)c1nc2ccccc2s1. The van der Waals surface area contributed by atoms with Crippen molar-refractivity contribution in [3.05, 3.63) is 59.1 Å². The van der Waals surface area contributed by atoms with Gasteiger partial charge < -0.3 is 10.1 Å². The molecule has 1 amide bonds. The Hall–Kier alpha value is -2.49. The van der Waals surface area contributed by atoms with Crippen molar-refractivity contribution in [2.75, 3.05) is 4.72 Å². The number of aromatic nitrogens is 1. The molecule has 2 aromatic carbocycles. The van der Waals surface area contributed by atoms with E-state index >= 15 is 0 Å². The molecule has 9 heteroatoms. The number of nitrogens with one attached hydrogen (secondary N) is 2. The standard InChI is InChI=1S/C20H23N3O4S2/c1-20(2,3)27-19(24)22-16(18-21-15-6-4-5-7-17(15)28-18)12-13-8-10-14(11-9-13)23-29(25)26/h4-11,16,23H,12H2,1-3H3,(H,22,24)(H,25,26)/t16-/m0/s1. The van der Waals surface area contributed by atoms with Crippen molar-refractivity contribution < 1.29 is 18.3 Å². The molecule has 3 rings (SSSR count). The van der Waals surface area contributed by atoms with E-state index < -0.39 is 23.0 Å². The second-order valence-electron chi connectivity index (χ2n) is 7.47. The first-order valence-electron chi connectivity index (χ1n) is 9.01. The fourth-order valence-electron chi connectivity index (χ4n) is 2.73. The molecule has 0 spiro atoms. The lowest BCUT2D eigenvalue weighted by atomic mass is 10.1. The van der Waals surface area contributed by atoms with Gasteiger partial charge in [-0.25, -0.2) is 14.0 Å². The molecule has 3 aromatic rings. The molecule has 0 aliphatic heterocycles. The van der Waals surface area contributed by atoms with Gasteiger partial charge in [0.25, 0.3) is 11.3 Å². The molecule has 2 atom stereocenters. The first kappa shape index (κ1) is 21.2. The predicted molar refractivity (Wildman–Crippen MR) is 116 cm³/mol. The van der Waals surface area contributed by atoms with Gasteiger partial charge in [-0.15, -0.1) is 11.3 Å². The molecule has 7 nitrogen and oxygen atoms in total. The lowest BCUT2D eigenvalue weighted by Crippen LogP contribution is -2.35. The van der Waals surface area contributed by atoms with E-state index in [1.54, 1.807) is 12.1 Å². The van der Waals surface area contributed by atoms with Crippen LogP contribution in [0.1, 0.15) is 37.4 Å². The van der Waals surface area contributed by atoms with Crippen molar-refractivity contribution in [2.24, 2.45) is 0 Å². The summed E-state index contributed by atoms with van der Waals surface area (Å²) in [5, 5.41) is 3.72. The highest BCUT2D eigenvalue weighted by atomic mass is 32.2. The molecule has 0 radical (unpaired) electrons. The summed E-state index contributed by atoms with van der Waals surface area (Å²) in [6, 6.07) is 14.6. The number of fused-ring (bicyclic) bond motifs is 1. The molecular weight excluding hydrogens is 410 g/mol. The van der Waals surface area contributed by atoms with E-state index in [9.17, 15) is 9.00 Å². The topological polar surface area (TPSA) is 101 Å². The second-order valence-corrected chi connectivity index (χ2v) is 9.24. The number of anilines is 1. The molecule has 0 fully saturated rings. The number of alkyl carbamates (subject to hydrolysis) is 1. The smallest absolute Gasteiger partial charge is 0.408 e. The van der Waals surface area contributed by atoms with Crippen LogP contribution in [-0.4, -0.2) is 25.4 Å². The third kappa shape index (κ3) is 6.25. The third-order valence-corrected chi connectivity index (χ3v) is 5.46. The summed E-state index contributed by atoms with van der Waals surface area (Å²) in [6.07, 6.45) is -0.00242. The summed E-state index contributed by atoms with van der Waals surface area (Å²) in [4.78, 5) is 17.1. The fraction of sp³-hybridized carbons (Fsp3) is 0.300. The molecule has 1 heterocycles. The molecular formula is C20H23N3O4S2. The molecule has 0 aliphatic rings. The highest BCUT2D eigenvalue weighted by Crippen LogP contribution is 2.29. The first-order valence-corrected chi connectivity index (χ1v) is 10.9. The number of para-hydroxylation sites is 1. The van der Waals surface area contributed by atoms with Crippen LogP contribution in [0, 0.1) is 0 Å². The Kier molecular flexibility index (Phi) is 6.51. The van der Waals surface area contributed by atoms with Crippen LogP contribution in [-0.2, 0) is 22.4 Å². The second kappa shape index (κ2) is 8.89. The van der Waals surface area contributed by atoms with E-state index in [1.807, 2.05) is 57.2 Å². The van der Waals surface area contributed by atoms with Crippen LogP contribution in [0.5, 0.6) is 0 Å². The first-order chi connectivity index (χ1) is 13.7. The van der Waals surface area contributed by atoms with Crippen LogP contribution in [0.3, 0.4) is 0 Å². The van der Waals surface area contributed by atoms with Crippen molar-refractivity contribution in [3.63, 3.8) is 0 Å². The van der Waals surface area contributed by atoms with E-state index in [4.69, 9.17) is 9.29 Å². The van der Waals surface area contributed by atoms with Gasteiger partial charge >= 0.3 is 6.09 Å². The average molecular weight is 434 g/mol. The van der Waals surface area contributed by atoms with Crippen LogP contribution in [0.25, 0.3) is 10.2 Å². The summed E-state index contributed by atoms with van der Waals surface area (Å²) in [5.74, 6) is 0. The maximum Gasteiger partial charge on any atom is 0.408 e. The van der Waals surface area contributed by atoms with Crippen molar-refractivity contribution in [2.45, 2.75) is 38.8 Å². The monoisotopic (exact) mass is 433 g/mol. The number of rotatable bonds is 6. The molecule has 3 N–H and O–H groups in total. The van der Waals surface area contributed by atoms with Crippen molar-refractivity contribution in [1.29, 1.82) is 0 Å². The van der Waals surface area contributed by atoms with E-state index in [0.29, 0.717) is 12.1 Å². The van der Waals surface area contributed by atoms with Gasteiger partial charge in [-0.3, -0.25) is 9.27 Å². The van der Waals surface area contributed by atoms with Gasteiger partial charge in [0.1, 0.15) is 10.6 Å². The zero-order chi connectivity index (χ0) is 21.0. The summed E-state index contributed by atoms with van der Waals surface area (Å²) in [7, 11) is 0. The Morgan fingerprint density at radius 3 is 2.52 bits per heavy atom. The van der Waals surface area contributed by atoms with Crippen LogP contribution < -0.4 is 10.0 Å². The number of thiazole rings is 1. The number of amides is 1. The highest BCUT2D eigenvalue weighted by Gasteiger charge is 2.23. The largest absolute Gasteiger partial charge is 0.444 e. The molecule has 1 aromatic heterocycles. The maximum absolute atomic E-state index is 12.4. The van der Waals surface area contributed by atoms with Gasteiger partial charge in [0.05, 0.1) is 16.3 Å². The summed E-state index contributed by atoms with van der Waals surface area (Å²) >= 11 is -0.593. The Bertz CT molecular complexity index is 979. The Balaban J connectivity index is 1.83. The minimum Gasteiger partial charge on any atom is -0.444 e. The van der Waals surface area contributed by atoms with Gasteiger partial charge in [0, 0.05) is 5.69 Å². The third-order valence-electron chi connectivity index (χ3n) is 3.90. The van der Waals surface area contributed by atoms with Crippen LogP contribution in [0.4, 0.5) is 10.5 Å². The van der Waals surface area contributed by atoms with Crippen LogP contribution in [0.15, 0.2) is 48.5 Å². The lowest BCUT2D eigenvalue weighted by Gasteiger charge is -2.23. The highest BCUT2D eigenvalue weighted by molar-refractivity contribution is 7.80. The molecule has 1 unspecified atom stereocenters. The van der Waals surface area contributed by atoms with Gasteiger partial charge in [0.2, 0.25) is 0 Å². The minimum absolute atomic E-state index is 0.368. The predicted octanol–water partition coefficient (Wildman–Crippen LogP) is 4.65. The van der Waals surface area contributed by atoms with E-state index in [-0.39, 0.29) is 6.04 Å². The van der Waals surface area contributed by atoms with Gasteiger partial charge in [-0.05, 0) is 57.0 Å². The number of hydrogen-bond acceptors (Lipinski definition) is 5. The summed E-state index contributed by atoms with van der Waals surface area (Å²) < 4.78 is 28.7. The molecule has 0 aliphatic carbocycles. The maximum atomic E-state index is 12.4. The van der Waals surface area contributed by atoms with Crippen molar-refractivity contribution in [1.82, 2.24) is 10.3 Å². The van der Waals surface area contributed by atoms with E-state index in [1.165, 1.54) is 11.3 Å². The van der Waals surface area contributed by atoms with Crippen molar-refractivity contribution in [3.8, 4) is 0 Å².